The van der Waals surface area contributed by atoms with Crippen LogP contribution in [0.2, 0.25) is 5.04 Å². The van der Waals surface area contributed by atoms with Gasteiger partial charge in [0.1, 0.15) is 23.7 Å². The Hall–Kier alpha value is -3.73. The lowest BCUT2D eigenvalue weighted by Crippen LogP contribution is -2.66. The largest absolute Gasteiger partial charge is 0.460 e. The second-order valence-electron chi connectivity index (χ2n) is 15.4. The van der Waals surface area contributed by atoms with Gasteiger partial charge in [-0.2, -0.15) is 8.42 Å². The molecule has 5 rings (SSSR count). The molecule has 3 aromatic rings. The number of rotatable bonds is 17. The number of nitrogens with zero attached hydrogens (tertiary/aromatic N) is 1. The van der Waals surface area contributed by atoms with Gasteiger partial charge in [-0.15, -0.1) is 0 Å². The van der Waals surface area contributed by atoms with Crippen LogP contribution in [0, 0.1) is 0 Å². The second kappa shape index (κ2) is 20.3. The van der Waals surface area contributed by atoms with Gasteiger partial charge in [0.2, 0.25) is 0 Å². The van der Waals surface area contributed by atoms with Gasteiger partial charge in [0.15, 0.2) is 0 Å². The quantitative estimate of drug-likeness (QED) is 0.0605. The van der Waals surface area contributed by atoms with Crippen LogP contribution in [0.4, 0.5) is 0 Å². The summed E-state index contributed by atoms with van der Waals surface area (Å²) in [4.78, 5) is 27.5. The van der Waals surface area contributed by atoms with Gasteiger partial charge in [-0.1, -0.05) is 106 Å². The van der Waals surface area contributed by atoms with E-state index in [1.807, 2.05) is 48.6 Å². The van der Waals surface area contributed by atoms with Gasteiger partial charge < -0.3 is 33.0 Å². The van der Waals surface area contributed by atoms with Crippen molar-refractivity contribution in [2.45, 2.75) is 86.9 Å². The maximum Gasteiger partial charge on any atom is 0.339 e. The SMILES string of the molecule is COCCOCCOC(=O)c1ccccc1S(=O)(=O)O[C@H]1C[C@@H]2O[C@@H](C(=O)N(C)C)C/C=C\C[C@@H]2O[C@@H]1CCO[Si](c1ccccc1)(c1ccccc1)C(C)(C)C. The number of benzene rings is 3. The van der Waals surface area contributed by atoms with E-state index in [-0.39, 0.29) is 47.6 Å². The van der Waals surface area contributed by atoms with Crippen molar-refractivity contribution in [2.24, 2.45) is 0 Å². The van der Waals surface area contributed by atoms with Crippen molar-refractivity contribution in [3.8, 4) is 0 Å². The Morgan fingerprint density at radius 1 is 0.789 bits per heavy atom. The zero-order valence-corrected chi connectivity index (χ0v) is 35.7. The maximum absolute atomic E-state index is 14.2. The highest BCUT2D eigenvalue weighted by Crippen LogP contribution is 2.38. The number of ether oxygens (including phenoxy) is 5. The molecule has 0 bridgehead atoms. The van der Waals surface area contributed by atoms with E-state index in [0.29, 0.717) is 32.5 Å². The third-order valence-corrected chi connectivity index (χ3v) is 16.7. The zero-order chi connectivity index (χ0) is 41.1. The number of likely N-dealkylation sites (N-methyl/N-ethyl adjacent to an activating group) is 1. The van der Waals surface area contributed by atoms with Crippen molar-refractivity contribution in [3.05, 3.63) is 103 Å². The van der Waals surface area contributed by atoms with Gasteiger partial charge in [0.25, 0.3) is 24.3 Å². The average Bonchev–Trinajstić information content (AvgIpc) is 3.18. The van der Waals surface area contributed by atoms with E-state index in [1.165, 1.54) is 23.1 Å². The molecule has 1 amide bonds. The smallest absolute Gasteiger partial charge is 0.339 e. The number of hydrogen-bond donors (Lipinski definition) is 0. The Kier molecular flexibility index (Phi) is 15.8. The number of esters is 1. The van der Waals surface area contributed by atoms with Crippen molar-refractivity contribution in [1.82, 2.24) is 4.90 Å². The van der Waals surface area contributed by atoms with Crippen molar-refractivity contribution in [3.63, 3.8) is 0 Å². The maximum atomic E-state index is 14.2. The lowest BCUT2D eigenvalue weighted by Gasteiger charge is -2.45. The standard InChI is InChI=1S/C43H57NO11SSi/c1-43(2,3)57(32-17-9-7-10-18-32,33-19-11-8-12-20-33)52-26-25-36-39(31-38-35(53-36)22-14-15-23-37(54-38)41(45)44(4)5)55-56(47,48)40-24-16-13-21-34(40)42(46)51-30-29-50-28-27-49-6/h7-21,24,35-39H,22-23,25-31H2,1-6H3/b15-14-/t35-,36+,37+,38-,39-/m0/s1. The molecule has 5 atom stereocenters. The number of fused-ring (bicyclic) bond motifs is 1. The fourth-order valence-corrected chi connectivity index (χ4v) is 13.4. The predicted molar refractivity (Wildman–Crippen MR) is 219 cm³/mol. The lowest BCUT2D eigenvalue weighted by molar-refractivity contribution is -0.196. The topological polar surface area (TPSA) is 136 Å². The van der Waals surface area contributed by atoms with E-state index in [0.717, 1.165) is 10.4 Å². The summed E-state index contributed by atoms with van der Waals surface area (Å²) in [6.45, 7) is 7.57. The molecule has 12 nitrogen and oxygen atoms in total. The van der Waals surface area contributed by atoms with Crippen LogP contribution in [0.15, 0.2) is 102 Å². The summed E-state index contributed by atoms with van der Waals surface area (Å²) in [6, 6.07) is 26.3. The zero-order valence-electron chi connectivity index (χ0n) is 33.8. The molecule has 0 unspecified atom stereocenters. The molecule has 0 radical (unpaired) electrons. The van der Waals surface area contributed by atoms with Gasteiger partial charge in [-0.25, -0.2) is 4.79 Å². The molecule has 0 spiro atoms. The predicted octanol–water partition coefficient (Wildman–Crippen LogP) is 4.90. The van der Waals surface area contributed by atoms with Crippen molar-refractivity contribution < 1.29 is 50.3 Å². The molecule has 310 valence electrons. The first-order chi connectivity index (χ1) is 27.3. The van der Waals surface area contributed by atoms with Gasteiger partial charge in [0.05, 0.1) is 43.7 Å². The Morgan fingerprint density at radius 2 is 1.40 bits per heavy atom. The van der Waals surface area contributed by atoms with E-state index in [1.54, 1.807) is 27.3 Å². The molecule has 1 saturated heterocycles. The van der Waals surface area contributed by atoms with Crippen molar-refractivity contribution in [1.29, 1.82) is 0 Å². The fourth-order valence-electron chi connectivity index (χ4n) is 7.47. The normalized spacial score (nSPS) is 22.1. The summed E-state index contributed by atoms with van der Waals surface area (Å²) >= 11 is 0. The highest BCUT2D eigenvalue weighted by molar-refractivity contribution is 7.86. The van der Waals surface area contributed by atoms with E-state index in [2.05, 4.69) is 45.0 Å². The minimum atomic E-state index is -4.58. The first-order valence-electron chi connectivity index (χ1n) is 19.5. The van der Waals surface area contributed by atoms with E-state index >= 15 is 0 Å². The van der Waals surface area contributed by atoms with Crippen LogP contribution >= 0.6 is 0 Å². The molecule has 0 aliphatic carbocycles. The summed E-state index contributed by atoms with van der Waals surface area (Å²) in [7, 11) is -2.63. The molecule has 14 heteroatoms. The molecule has 0 aromatic heterocycles. The van der Waals surface area contributed by atoms with Crippen molar-refractivity contribution >= 4 is 40.7 Å². The summed E-state index contributed by atoms with van der Waals surface area (Å²) in [6.07, 6.45) is 1.47. The Labute approximate surface area is 338 Å². The van der Waals surface area contributed by atoms with Crippen LogP contribution in [-0.2, 0) is 47.2 Å². The number of carbonyl (C=O) groups is 2. The second-order valence-corrected chi connectivity index (χ2v) is 21.3. The Bertz CT molecular complexity index is 1850. The fraction of sp³-hybridized carbons (Fsp3) is 0.488. The Balaban J connectivity index is 1.44. The molecule has 57 heavy (non-hydrogen) atoms. The molecule has 2 aliphatic rings. The molecule has 2 heterocycles. The first-order valence-corrected chi connectivity index (χ1v) is 22.8. The van der Waals surface area contributed by atoms with E-state index in [4.69, 9.17) is 32.3 Å². The van der Waals surface area contributed by atoms with Gasteiger partial charge in [0, 0.05) is 40.7 Å². The van der Waals surface area contributed by atoms with Gasteiger partial charge in [-0.05, 0) is 40.4 Å². The number of amides is 1. The third-order valence-electron chi connectivity index (χ3n) is 10.2. The molecular weight excluding hydrogens is 767 g/mol. The first kappa shape index (κ1) is 44.4. The van der Waals surface area contributed by atoms with Crippen molar-refractivity contribution in [2.75, 3.05) is 54.2 Å². The summed E-state index contributed by atoms with van der Waals surface area (Å²) < 4.78 is 70.6. The van der Waals surface area contributed by atoms with E-state index in [9.17, 15) is 18.0 Å². The molecule has 2 aliphatic heterocycles. The number of methoxy groups -OCH3 is 1. The average molecular weight is 824 g/mol. The Morgan fingerprint density at radius 3 is 2.04 bits per heavy atom. The van der Waals surface area contributed by atoms with Gasteiger partial charge >= 0.3 is 5.97 Å². The van der Waals surface area contributed by atoms with E-state index < -0.39 is 54.9 Å². The van der Waals surface area contributed by atoms with Crippen LogP contribution in [0.3, 0.4) is 0 Å². The molecule has 0 saturated carbocycles. The molecule has 3 aromatic carbocycles. The van der Waals surface area contributed by atoms with Crippen LogP contribution < -0.4 is 10.4 Å². The van der Waals surface area contributed by atoms with Crippen LogP contribution in [0.25, 0.3) is 0 Å². The summed E-state index contributed by atoms with van der Waals surface area (Å²) in [5, 5.41) is 1.95. The molecular formula is C43H57NO11SSi. The van der Waals surface area contributed by atoms with Crippen LogP contribution in [0.5, 0.6) is 0 Å². The highest BCUT2D eigenvalue weighted by atomic mass is 32.2. The third kappa shape index (κ3) is 11.1. The van der Waals surface area contributed by atoms with Crippen LogP contribution in [-0.4, -0.2) is 118 Å². The van der Waals surface area contributed by atoms with Crippen LogP contribution in [0.1, 0.15) is 56.8 Å². The van der Waals surface area contributed by atoms with Gasteiger partial charge in [-0.3, -0.25) is 8.98 Å². The molecule has 0 N–H and O–H groups in total. The minimum absolute atomic E-state index is 0.0800. The lowest BCUT2D eigenvalue weighted by atomic mass is 9.93. The monoisotopic (exact) mass is 823 g/mol. The highest BCUT2D eigenvalue weighted by Gasteiger charge is 2.51. The molecule has 1 fully saturated rings. The number of carbonyl (C=O) groups excluding carboxylic acids is 2. The minimum Gasteiger partial charge on any atom is -0.460 e. The summed E-state index contributed by atoms with van der Waals surface area (Å²) in [5.41, 5.74) is -0.167. The summed E-state index contributed by atoms with van der Waals surface area (Å²) in [5.74, 6) is -1.04. The number of hydrogen-bond acceptors (Lipinski definition) is 11.